The minimum atomic E-state index is -0.361. The summed E-state index contributed by atoms with van der Waals surface area (Å²) >= 11 is 0. The van der Waals surface area contributed by atoms with E-state index in [4.69, 9.17) is 9.47 Å². The molecular weight excluding hydrogens is 292 g/mol. The minimum absolute atomic E-state index is 0.0297. The quantitative estimate of drug-likeness (QED) is 0.348. The molecular formula is C19H22O4. The molecule has 0 aromatic heterocycles. The maximum absolute atomic E-state index is 11.7. The molecule has 2 rings (SSSR count). The number of rotatable bonds is 6. The number of carbonyl (C=O) groups excluding carboxylic acids is 2. The fraction of sp³-hybridized carbons (Fsp3) is 0.368. The molecule has 0 aliphatic carbocycles. The average molecular weight is 314 g/mol. The van der Waals surface area contributed by atoms with Crippen LogP contribution in [-0.4, -0.2) is 24.5 Å². The Morgan fingerprint density at radius 2 is 2.13 bits per heavy atom. The van der Waals surface area contributed by atoms with E-state index in [-0.39, 0.29) is 24.5 Å². The van der Waals surface area contributed by atoms with Gasteiger partial charge in [0.15, 0.2) is 5.78 Å². The van der Waals surface area contributed by atoms with Crippen LogP contribution in [-0.2, 0) is 16.0 Å². The zero-order valence-corrected chi connectivity index (χ0v) is 13.8. The summed E-state index contributed by atoms with van der Waals surface area (Å²) in [6.45, 7) is 9.50. The van der Waals surface area contributed by atoms with Crippen molar-refractivity contribution in [3.05, 3.63) is 53.1 Å². The van der Waals surface area contributed by atoms with Crippen molar-refractivity contribution in [3.8, 4) is 5.75 Å². The van der Waals surface area contributed by atoms with Crippen molar-refractivity contribution in [1.29, 1.82) is 0 Å². The Balaban J connectivity index is 1.93. The highest BCUT2D eigenvalue weighted by atomic mass is 16.5. The summed E-state index contributed by atoms with van der Waals surface area (Å²) < 4.78 is 11.0. The zero-order valence-electron chi connectivity index (χ0n) is 13.8. The van der Waals surface area contributed by atoms with Gasteiger partial charge in [-0.1, -0.05) is 19.1 Å². The first-order chi connectivity index (χ1) is 10.9. The second-order valence-electron chi connectivity index (χ2n) is 5.80. The smallest absolute Gasteiger partial charge is 0.331 e. The predicted octanol–water partition coefficient (Wildman–Crippen LogP) is 3.65. The number of Topliss-reactive ketones (excluding diaryl/α,β-unsaturated/α-hetero) is 1. The molecule has 1 heterocycles. The van der Waals surface area contributed by atoms with E-state index in [9.17, 15) is 9.59 Å². The van der Waals surface area contributed by atoms with Crippen LogP contribution in [0.3, 0.4) is 0 Å². The molecule has 0 bridgehead atoms. The van der Waals surface area contributed by atoms with Gasteiger partial charge in [-0.15, -0.1) is 0 Å². The van der Waals surface area contributed by atoms with Crippen LogP contribution in [0.25, 0.3) is 0 Å². The minimum Gasteiger partial charge on any atom is -0.485 e. The number of esters is 1. The summed E-state index contributed by atoms with van der Waals surface area (Å²) in [6, 6.07) is 5.41. The third-order valence-electron chi connectivity index (χ3n) is 3.92. The summed E-state index contributed by atoms with van der Waals surface area (Å²) in [4.78, 5) is 23.1. The van der Waals surface area contributed by atoms with Gasteiger partial charge >= 0.3 is 5.97 Å². The van der Waals surface area contributed by atoms with Crippen LogP contribution in [0.5, 0.6) is 5.75 Å². The molecule has 0 fully saturated rings. The van der Waals surface area contributed by atoms with Gasteiger partial charge < -0.3 is 9.47 Å². The largest absolute Gasteiger partial charge is 0.485 e. The molecule has 0 spiro atoms. The highest BCUT2D eigenvalue weighted by Crippen LogP contribution is 2.32. The Kier molecular flexibility index (Phi) is 5.37. The van der Waals surface area contributed by atoms with Gasteiger partial charge in [0.1, 0.15) is 18.5 Å². The standard InChI is InChI=1S/C19H22O4/c1-5-12(2)8-19(21)22-11-13(3)18-10-16-9-15(14(4)20)6-7-17(16)23-18/h6-9,18H,3,5,10-11H2,1-2,4H3/t18-/m0/s1. The maximum atomic E-state index is 11.7. The molecule has 23 heavy (non-hydrogen) atoms. The molecule has 1 aliphatic rings. The van der Waals surface area contributed by atoms with Crippen LogP contribution in [0.2, 0.25) is 0 Å². The lowest BCUT2D eigenvalue weighted by Gasteiger charge is -2.13. The highest BCUT2D eigenvalue weighted by molar-refractivity contribution is 5.94. The number of allylic oxidation sites excluding steroid dienone is 1. The number of hydrogen-bond donors (Lipinski definition) is 0. The van der Waals surface area contributed by atoms with E-state index in [1.807, 2.05) is 19.9 Å². The van der Waals surface area contributed by atoms with Gasteiger partial charge in [0.05, 0.1) is 0 Å². The van der Waals surface area contributed by atoms with E-state index < -0.39 is 0 Å². The van der Waals surface area contributed by atoms with Crippen molar-refractivity contribution >= 4 is 11.8 Å². The van der Waals surface area contributed by atoms with Gasteiger partial charge in [-0.3, -0.25) is 4.79 Å². The molecule has 0 amide bonds. The van der Waals surface area contributed by atoms with Gasteiger partial charge in [-0.25, -0.2) is 4.79 Å². The van der Waals surface area contributed by atoms with Crippen LogP contribution >= 0.6 is 0 Å². The molecule has 122 valence electrons. The van der Waals surface area contributed by atoms with Gasteiger partial charge in [0, 0.05) is 23.6 Å². The average Bonchev–Trinajstić information content (AvgIpc) is 2.95. The zero-order chi connectivity index (χ0) is 17.0. The van der Waals surface area contributed by atoms with Crippen LogP contribution in [0.4, 0.5) is 0 Å². The lowest BCUT2D eigenvalue weighted by atomic mass is 10.0. The Morgan fingerprint density at radius 1 is 1.39 bits per heavy atom. The molecule has 4 heteroatoms. The monoisotopic (exact) mass is 314 g/mol. The fourth-order valence-corrected chi connectivity index (χ4v) is 2.30. The van der Waals surface area contributed by atoms with E-state index >= 15 is 0 Å². The second-order valence-corrected chi connectivity index (χ2v) is 5.80. The number of hydrogen-bond acceptors (Lipinski definition) is 4. The van der Waals surface area contributed by atoms with E-state index in [0.29, 0.717) is 17.6 Å². The number of ketones is 1. The molecule has 0 unspecified atom stereocenters. The lowest BCUT2D eigenvalue weighted by molar-refractivity contribution is -0.137. The molecule has 1 aromatic carbocycles. The van der Waals surface area contributed by atoms with Crippen molar-refractivity contribution in [3.63, 3.8) is 0 Å². The number of benzene rings is 1. The molecule has 1 atom stereocenters. The topological polar surface area (TPSA) is 52.6 Å². The first-order valence-corrected chi connectivity index (χ1v) is 7.72. The normalized spacial score (nSPS) is 16.5. The van der Waals surface area contributed by atoms with Gasteiger partial charge in [-0.05, 0) is 44.0 Å². The van der Waals surface area contributed by atoms with E-state index in [0.717, 1.165) is 23.3 Å². The summed E-state index contributed by atoms with van der Waals surface area (Å²) in [5.74, 6) is 0.427. The van der Waals surface area contributed by atoms with Crippen molar-refractivity contribution in [1.82, 2.24) is 0 Å². The maximum Gasteiger partial charge on any atom is 0.331 e. The van der Waals surface area contributed by atoms with Gasteiger partial charge in [0.25, 0.3) is 0 Å². The first kappa shape index (κ1) is 17.0. The van der Waals surface area contributed by atoms with Crippen molar-refractivity contribution in [2.75, 3.05) is 6.61 Å². The fourth-order valence-electron chi connectivity index (χ4n) is 2.30. The second kappa shape index (κ2) is 7.27. The van der Waals surface area contributed by atoms with Crippen molar-refractivity contribution in [2.45, 2.75) is 39.7 Å². The Bertz CT molecular complexity index is 670. The third kappa shape index (κ3) is 4.31. The molecule has 0 saturated carbocycles. The van der Waals surface area contributed by atoms with Crippen LogP contribution in [0.1, 0.15) is 43.1 Å². The molecule has 1 aromatic rings. The SMILES string of the molecule is C=C(COC(=O)C=C(C)CC)[C@@H]1Cc2cc(C(C)=O)ccc2O1. The van der Waals surface area contributed by atoms with Crippen LogP contribution in [0.15, 0.2) is 42.0 Å². The lowest BCUT2D eigenvalue weighted by Crippen LogP contribution is -2.20. The van der Waals surface area contributed by atoms with E-state index in [1.54, 1.807) is 19.1 Å². The predicted molar refractivity (Wildman–Crippen MR) is 88.7 cm³/mol. The van der Waals surface area contributed by atoms with E-state index in [1.165, 1.54) is 6.08 Å². The number of fused-ring (bicyclic) bond motifs is 1. The summed E-state index contributed by atoms with van der Waals surface area (Å²) in [5.41, 5.74) is 3.34. The molecule has 0 N–H and O–H groups in total. The number of carbonyl (C=O) groups is 2. The third-order valence-corrected chi connectivity index (χ3v) is 3.92. The van der Waals surface area contributed by atoms with Gasteiger partial charge in [0.2, 0.25) is 0 Å². The Labute approximate surface area is 136 Å². The molecule has 4 nitrogen and oxygen atoms in total. The van der Waals surface area contributed by atoms with Crippen LogP contribution < -0.4 is 4.74 Å². The van der Waals surface area contributed by atoms with Crippen molar-refractivity contribution < 1.29 is 19.1 Å². The Hall–Kier alpha value is -2.36. The van der Waals surface area contributed by atoms with Crippen molar-refractivity contribution in [2.24, 2.45) is 0 Å². The highest BCUT2D eigenvalue weighted by Gasteiger charge is 2.26. The van der Waals surface area contributed by atoms with E-state index in [2.05, 4.69) is 6.58 Å². The van der Waals surface area contributed by atoms with Gasteiger partial charge in [-0.2, -0.15) is 0 Å². The summed E-state index contributed by atoms with van der Waals surface area (Å²) in [5, 5.41) is 0. The first-order valence-electron chi connectivity index (χ1n) is 7.72. The molecule has 1 aliphatic heterocycles. The summed E-state index contributed by atoms with van der Waals surface area (Å²) in [6.07, 6.45) is 2.72. The summed E-state index contributed by atoms with van der Waals surface area (Å²) in [7, 11) is 0. The molecule has 0 radical (unpaired) electrons. The van der Waals surface area contributed by atoms with Crippen LogP contribution in [0, 0.1) is 0 Å². The Morgan fingerprint density at radius 3 is 2.78 bits per heavy atom. The number of ether oxygens (including phenoxy) is 2. The molecule has 0 saturated heterocycles.